The number of carbonyl (C=O) groups is 1. The number of methoxy groups -OCH3 is 3. The molecule has 1 amide bonds. The van der Waals surface area contributed by atoms with Crippen LogP contribution in [0.2, 0.25) is 0 Å². The maximum atomic E-state index is 12.7. The highest BCUT2D eigenvalue weighted by atomic mass is 16.5. The molecule has 116 valence electrons. The summed E-state index contributed by atoms with van der Waals surface area (Å²) < 4.78 is 15.9. The molecule has 1 atom stereocenters. The molecule has 1 aliphatic heterocycles. The highest BCUT2D eigenvalue weighted by Gasteiger charge is 2.28. The molecule has 1 aromatic rings. The second-order valence-corrected chi connectivity index (χ2v) is 4.94. The molecule has 6 nitrogen and oxygen atoms in total. The molecule has 0 radical (unpaired) electrons. The van der Waals surface area contributed by atoms with Gasteiger partial charge >= 0.3 is 0 Å². The molecule has 0 spiro atoms. The van der Waals surface area contributed by atoms with E-state index in [0.717, 1.165) is 19.5 Å². The first-order chi connectivity index (χ1) is 10.1. The van der Waals surface area contributed by atoms with Gasteiger partial charge in [-0.2, -0.15) is 0 Å². The Balaban J connectivity index is 2.36. The molecule has 1 aliphatic rings. The second kappa shape index (κ2) is 6.67. The molecule has 1 N–H and O–H groups in total. The molecule has 0 aromatic heterocycles. The minimum Gasteiger partial charge on any atom is -0.493 e. The Morgan fingerprint density at radius 1 is 1.19 bits per heavy atom. The van der Waals surface area contributed by atoms with Crippen molar-refractivity contribution < 1.29 is 19.0 Å². The van der Waals surface area contributed by atoms with Crippen LogP contribution in [0.5, 0.6) is 17.2 Å². The molecule has 0 saturated carbocycles. The molecule has 1 saturated heterocycles. The summed E-state index contributed by atoms with van der Waals surface area (Å²) in [7, 11) is 6.41. The molecule has 2 rings (SSSR count). The Labute approximate surface area is 125 Å². The monoisotopic (exact) mass is 294 g/mol. The van der Waals surface area contributed by atoms with Gasteiger partial charge < -0.3 is 24.4 Å². The van der Waals surface area contributed by atoms with Gasteiger partial charge in [0.15, 0.2) is 11.5 Å². The Bertz CT molecular complexity index is 513. The van der Waals surface area contributed by atoms with E-state index in [0.29, 0.717) is 22.8 Å². The Hall–Kier alpha value is -1.95. The van der Waals surface area contributed by atoms with E-state index in [1.54, 1.807) is 24.1 Å². The zero-order chi connectivity index (χ0) is 15.4. The summed E-state index contributed by atoms with van der Waals surface area (Å²) in [4.78, 5) is 14.5. The Morgan fingerprint density at radius 3 is 2.43 bits per heavy atom. The number of amides is 1. The SMILES string of the molecule is COc1ccc(C(=O)N(C)C2CCNC2)c(OC)c1OC. The third-order valence-electron chi connectivity index (χ3n) is 3.84. The lowest BCUT2D eigenvalue weighted by molar-refractivity contribution is 0.0739. The zero-order valence-electron chi connectivity index (χ0n) is 12.9. The Morgan fingerprint density at radius 2 is 1.90 bits per heavy atom. The van der Waals surface area contributed by atoms with E-state index in [1.165, 1.54) is 14.2 Å². The summed E-state index contributed by atoms with van der Waals surface area (Å²) in [6.07, 6.45) is 0.956. The third-order valence-corrected chi connectivity index (χ3v) is 3.84. The summed E-state index contributed by atoms with van der Waals surface area (Å²) >= 11 is 0. The van der Waals surface area contributed by atoms with E-state index >= 15 is 0 Å². The van der Waals surface area contributed by atoms with Crippen LogP contribution in [0.3, 0.4) is 0 Å². The van der Waals surface area contributed by atoms with Gasteiger partial charge in [0.05, 0.1) is 26.9 Å². The highest BCUT2D eigenvalue weighted by Crippen LogP contribution is 2.40. The van der Waals surface area contributed by atoms with Crippen LogP contribution in [0.1, 0.15) is 16.8 Å². The van der Waals surface area contributed by atoms with E-state index in [4.69, 9.17) is 14.2 Å². The number of nitrogens with one attached hydrogen (secondary N) is 1. The van der Waals surface area contributed by atoms with Gasteiger partial charge in [0.1, 0.15) is 0 Å². The van der Waals surface area contributed by atoms with Gasteiger partial charge in [0.2, 0.25) is 5.75 Å². The van der Waals surface area contributed by atoms with Gasteiger partial charge in [-0.3, -0.25) is 4.79 Å². The standard InChI is InChI=1S/C15H22N2O4/c1-17(10-7-8-16-9-10)15(18)11-5-6-12(19-2)14(21-4)13(11)20-3/h5-6,10,16H,7-9H2,1-4H3. The average molecular weight is 294 g/mol. The summed E-state index contributed by atoms with van der Waals surface area (Å²) in [6.45, 7) is 1.75. The van der Waals surface area contributed by atoms with Crippen molar-refractivity contribution in [2.45, 2.75) is 12.5 Å². The number of rotatable bonds is 5. The third kappa shape index (κ3) is 2.90. The fraction of sp³-hybridized carbons (Fsp3) is 0.533. The van der Waals surface area contributed by atoms with Crippen LogP contribution in [0.25, 0.3) is 0 Å². The lowest BCUT2D eigenvalue weighted by Crippen LogP contribution is -2.38. The number of nitrogens with zero attached hydrogens (tertiary/aromatic N) is 1. The lowest BCUT2D eigenvalue weighted by atomic mass is 10.1. The topological polar surface area (TPSA) is 60.0 Å². The van der Waals surface area contributed by atoms with Crippen LogP contribution in [-0.2, 0) is 0 Å². The van der Waals surface area contributed by atoms with Crippen LogP contribution in [0.4, 0.5) is 0 Å². The molecule has 1 fully saturated rings. The largest absolute Gasteiger partial charge is 0.493 e. The predicted octanol–water partition coefficient (Wildman–Crippen LogP) is 1.15. The number of ether oxygens (including phenoxy) is 3. The number of hydrogen-bond donors (Lipinski definition) is 1. The maximum absolute atomic E-state index is 12.7. The van der Waals surface area contributed by atoms with Crippen molar-refractivity contribution in [3.8, 4) is 17.2 Å². The molecule has 0 aliphatic carbocycles. The number of carbonyl (C=O) groups excluding carboxylic acids is 1. The van der Waals surface area contributed by atoms with Gasteiger partial charge in [-0.05, 0) is 25.1 Å². The van der Waals surface area contributed by atoms with Crippen LogP contribution in [-0.4, -0.2) is 58.3 Å². The first-order valence-corrected chi connectivity index (χ1v) is 6.90. The summed E-state index contributed by atoms with van der Waals surface area (Å²) in [5.74, 6) is 1.29. The summed E-state index contributed by atoms with van der Waals surface area (Å²) in [6, 6.07) is 3.63. The lowest BCUT2D eigenvalue weighted by Gasteiger charge is -2.25. The maximum Gasteiger partial charge on any atom is 0.257 e. The van der Waals surface area contributed by atoms with Crippen LogP contribution in [0, 0.1) is 0 Å². The normalized spacial score (nSPS) is 17.4. The van der Waals surface area contributed by atoms with Gasteiger partial charge in [-0.25, -0.2) is 0 Å². The van der Waals surface area contributed by atoms with Crippen molar-refractivity contribution in [2.24, 2.45) is 0 Å². The van der Waals surface area contributed by atoms with Gasteiger partial charge in [0, 0.05) is 19.6 Å². The van der Waals surface area contributed by atoms with Crippen LogP contribution < -0.4 is 19.5 Å². The number of hydrogen-bond acceptors (Lipinski definition) is 5. The fourth-order valence-electron chi connectivity index (χ4n) is 2.60. The molecular weight excluding hydrogens is 272 g/mol. The summed E-state index contributed by atoms with van der Waals surface area (Å²) in [5, 5.41) is 3.26. The van der Waals surface area contributed by atoms with Crippen molar-refractivity contribution >= 4 is 5.91 Å². The van der Waals surface area contributed by atoms with Crippen LogP contribution >= 0.6 is 0 Å². The average Bonchev–Trinajstić information content (AvgIpc) is 3.06. The molecule has 1 heterocycles. The molecule has 1 aromatic carbocycles. The molecule has 1 unspecified atom stereocenters. The molecular formula is C15H22N2O4. The van der Waals surface area contributed by atoms with Crippen LogP contribution in [0.15, 0.2) is 12.1 Å². The first-order valence-electron chi connectivity index (χ1n) is 6.90. The van der Waals surface area contributed by atoms with E-state index in [-0.39, 0.29) is 11.9 Å². The van der Waals surface area contributed by atoms with Crippen molar-refractivity contribution in [2.75, 3.05) is 41.5 Å². The molecule has 6 heteroatoms. The second-order valence-electron chi connectivity index (χ2n) is 4.94. The number of benzene rings is 1. The highest BCUT2D eigenvalue weighted by molar-refractivity contribution is 5.98. The van der Waals surface area contributed by atoms with Gasteiger partial charge in [-0.15, -0.1) is 0 Å². The van der Waals surface area contributed by atoms with E-state index in [2.05, 4.69) is 5.32 Å². The summed E-state index contributed by atoms with van der Waals surface area (Å²) in [5.41, 5.74) is 0.476. The Kier molecular flexibility index (Phi) is 4.90. The van der Waals surface area contributed by atoms with Crippen molar-refractivity contribution in [1.82, 2.24) is 10.2 Å². The smallest absolute Gasteiger partial charge is 0.257 e. The van der Waals surface area contributed by atoms with E-state index in [1.807, 2.05) is 7.05 Å². The minimum atomic E-state index is -0.0819. The molecule has 0 bridgehead atoms. The first kappa shape index (κ1) is 15.4. The fourth-order valence-corrected chi connectivity index (χ4v) is 2.60. The van der Waals surface area contributed by atoms with E-state index in [9.17, 15) is 4.79 Å². The minimum absolute atomic E-state index is 0.0819. The predicted molar refractivity (Wildman–Crippen MR) is 79.5 cm³/mol. The van der Waals surface area contributed by atoms with Crippen molar-refractivity contribution in [1.29, 1.82) is 0 Å². The van der Waals surface area contributed by atoms with E-state index < -0.39 is 0 Å². The quantitative estimate of drug-likeness (QED) is 0.882. The molecule has 21 heavy (non-hydrogen) atoms. The van der Waals surface area contributed by atoms with Crippen molar-refractivity contribution in [3.63, 3.8) is 0 Å². The van der Waals surface area contributed by atoms with Gasteiger partial charge in [0.25, 0.3) is 5.91 Å². The number of likely N-dealkylation sites (N-methyl/N-ethyl adjacent to an activating group) is 1. The van der Waals surface area contributed by atoms with Gasteiger partial charge in [-0.1, -0.05) is 0 Å². The van der Waals surface area contributed by atoms with Crippen molar-refractivity contribution in [3.05, 3.63) is 17.7 Å². The zero-order valence-corrected chi connectivity index (χ0v) is 12.9.